The molecule has 7 heteroatoms. The molecule has 0 aliphatic rings. The van der Waals surface area contributed by atoms with Crippen LogP contribution >= 0.6 is 22.6 Å². The number of nitriles is 1. The van der Waals surface area contributed by atoms with Gasteiger partial charge in [0.05, 0.1) is 25.1 Å². The molecule has 1 aromatic heterocycles. The Hall–Kier alpha value is -2.86. The Morgan fingerprint density at radius 1 is 1.22 bits per heavy atom. The minimum Gasteiger partial charge on any atom is -0.497 e. The van der Waals surface area contributed by atoms with E-state index in [1.54, 1.807) is 30.8 Å². The molecule has 0 spiro atoms. The number of nitrogens with zero attached hydrogens (tertiary/aromatic N) is 3. The van der Waals surface area contributed by atoms with Crippen molar-refractivity contribution in [2.45, 2.75) is 6.92 Å². The lowest BCUT2D eigenvalue weighted by Crippen LogP contribution is -2.08. The SMILES string of the molecule is CCOC(=O)c1nn(-c2ccccc2I)c(-c2ccc(OC)cc2)c1C#N. The summed E-state index contributed by atoms with van der Waals surface area (Å²) in [5, 5.41) is 14.2. The number of aromatic nitrogens is 2. The average molecular weight is 473 g/mol. The van der Waals surface area contributed by atoms with Crippen LogP contribution in [0.15, 0.2) is 48.5 Å². The smallest absolute Gasteiger partial charge is 0.360 e. The van der Waals surface area contributed by atoms with E-state index >= 15 is 0 Å². The number of carbonyl (C=O) groups is 1. The molecule has 0 fully saturated rings. The number of ether oxygens (including phenoxy) is 2. The van der Waals surface area contributed by atoms with Crippen molar-refractivity contribution < 1.29 is 14.3 Å². The first-order chi connectivity index (χ1) is 13.1. The van der Waals surface area contributed by atoms with Crippen LogP contribution in [0.3, 0.4) is 0 Å². The van der Waals surface area contributed by atoms with Crippen molar-refractivity contribution in [2.75, 3.05) is 13.7 Å². The second kappa shape index (κ2) is 8.22. The fourth-order valence-corrected chi connectivity index (χ4v) is 3.30. The first-order valence-electron chi connectivity index (χ1n) is 8.20. The van der Waals surface area contributed by atoms with Crippen molar-refractivity contribution in [1.82, 2.24) is 9.78 Å². The molecule has 3 rings (SSSR count). The summed E-state index contributed by atoms with van der Waals surface area (Å²) in [5.74, 6) is 0.0803. The lowest BCUT2D eigenvalue weighted by Gasteiger charge is -2.10. The number of halogens is 1. The third-order valence-electron chi connectivity index (χ3n) is 3.91. The van der Waals surface area contributed by atoms with Gasteiger partial charge in [0.2, 0.25) is 0 Å². The zero-order chi connectivity index (χ0) is 19.4. The largest absolute Gasteiger partial charge is 0.497 e. The van der Waals surface area contributed by atoms with Crippen LogP contribution in [0.1, 0.15) is 23.0 Å². The lowest BCUT2D eigenvalue weighted by molar-refractivity contribution is 0.0518. The van der Waals surface area contributed by atoms with Crippen LogP contribution in [-0.4, -0.2) is 29.5 Å². The highest BCUT2D eigenvalue weighted by Crippen LogP contribution is 2.31. The maximum Gasteiger partial charge on any atom is 0.360 e. The highest BCUT2D eigenvalue weighted by molar-refractivity contribution is 14.1. The maximum absolute atomic E-state index is 12.4. The van der Waals surface area contributed by atoms with E-state index in [0.29, 0.717) is 11.4 Å². The van der Waals surface area contributed by atoms with Crippen molar-refractivity contribution >= 4 is 28.6 Å². The average Bonchev–Trinajstić information content (AvgIpc) is 3.08. The predicted octanol–water partition coefficient (Wildman–Crippen LogP) is 4.20. The van der Waals surface area contributed by atoms with Crippen LogP contribution in [0.2, 0.25) is 0 Å². The number of para-hydroxylation sites is 1. The summed E-state index contributed by atoms with van der Waals surface area (Å²) >= 11 is 2.20. The normalized spacial score (nSPS) is 10.3. The van der Waals surface area contributed by atoms with Gasteiger partial charge in [0.1, 0.15) is 17.4 Å². The molecule has 0 radical (unpaired) electrons. The Kier molecular flexibility index (Phi) is 5.76. The van der Waals surface area contributed by atoms with Gasteiger partial charge >= 0.3 is 5.97 Å². The quantitative estimate of drug-likeness (QED) is 0.410. The van der Waals surface area contributed by atoms with Gasteiger partial charge in [-0.25, -0.2) is 9.48 Å². The van der Waals surface area contributed by atoms with E-state index in [0.717, 1.165) is 14.8 Å². The molecule has 0 atom stereocenters. The summed E-state index contributed by atoms with van der Waals surface area (Å²) in [6.07, 6.45) is 0. The molecule has 0 N–H and O–H groups in total. The zero-order valence-corrected chi connectivity index (χ0v) is 16.9. The van der Waals surface area contributed by atoms with Gasteiger partial charge in [-0.15, -0.1) is 0 Å². The third-order valence-corrected chi connectivity index (χ3v) is 4.82. The standard InChI is InChI=1S/C20H16IN3O3/c1-3-27-20(25)18-15(12-22)19(13-8-10-14(26-2)11-9-13)24(23-18)17-7-5-4-6-16(17)21/h4-11H,3H2,1-2H3. The summed E-state index contributed by atoms with van der Waals surface area (Å²) in [4.78, 5) is 12.4. The summed E-state index contributed by atoms with van der Waals surface area (Å²) < 4.78 is 12.9. The van der Waals surface area contributed by atoms with Gasteiger partial charge in [-0.2, -0.15) is 10.4 Å². The third kappa shape index (κ3) is 3.66. The minimum atomic E-state index is -0.617. The summed E-state index contributed by atoms with van der Waals surface area (Å²) in [7, 11) is 1.59. The van der Waals surface area contributed by atoms with E-state index in [1.807, 2.05) is 36.4 Å². The molecule has 0 aliphatic carbocycles. The number of rotatable bonds is 5. The molecule has 0 bridgehead atoms. The van der Waals surface area contributed by atoms with Crippen LogP contribution in [0.25, 0.3) is 16.9 Å². The van der Waals surface area contributed by atoms with Gasteiger partial charge in [-0.3, -0.25) is 0 Å². The Labute approximate surface area is 170 Å². The molecule has 0 amide bonds. The van der Waals surface area contributed by atoms with Crippen LogP contribution in [0.4, 0.5) is 0 Å². The highest BCUT2D eigenvalue weighted by Gasteiger charge is 2.26. The molecule has 2 aromatic carbocycles. The topological polar surface area (TPSA) is 77.1 Å². The van der Waals surface area contributed by atoms with Crippen molar-refractivity contribution in [3.63, 3.8) is 0 Å². The molecule has 0 saturated heterocycles. The molecule has 0 saturated carbocycles. The zero-order valence-electron chi connectivity index (χ0n) is 14.8. The number of hydrogen-bond donors (Lipinski definition) is 0. The molecule has 1 heterocycles. The first-order valence-corrected chi connectivity index (χ1v) is 9.28. The van der Waals surface area contributed by atoms with E-state index in [9.17, 15) is 10.1 Å². The van der Waals surface area contributed by atoms with E-state index in [2.05, 4.69) is 33.8 Å². The molecule has 0 unspecified atom stereocenters. The number of benzene rings is 2. The molecular weight excluding hydrogens is 457 g/mol. The van der Waals surface area contributed by atoms with Crippen molar-refractivity contribution in [3.05, 3.63) is 63.4 Å². The fraction of sp³-hybridized carbons (Fsp3) is 0.150. The van der Waals surface area contributed by atoms with Crippen LogP contribution < -0.4 is 4.74 Å². The van der Waals surface area contributed by atoms with Crippen LogP contribution in [-0.2, 0) is 4.74 Å². The monoisotopic (exact) mass is 473 g/mol. The highest BCUT2D eigenvalue weighted by atomic mass is 127. The number of methoxy groups -OCH3 is 1. The van der Waals surface area contributed by atoms with Gasteiger partial charge in [0, 0.05) is 9.13 Å². The van der Waals surface area contributed by atoms with Crippen LogP contribution in [0.5, 0.6) is 5.75 Å². The van der Waals surface area contributed by atoms with Crippen molar-refractivity contribution in [2.24, 2.45) is 0 Å². The Morgan fingerprint density at radius 3 is 2.52 bits per heavy atom. The van der Waals surface area contributed by atoms with E-state index in [1.165, 1.54) is 0 Å². The summed E-state index contributed by atoms with van der Waals surface area (Å²) in [6, 6.07) is 17.0. The second-order valence-corrected chi connectivity index (χ2v) is 6.66. The lowest BCUT2D eigenvalue weighted by atomic mass is 10.1. The Balaban J connectivity index is 2.29. The molecule has 6 nitrogen and oxygen atoms in total. The van der Waals surface area contributed by atoms with Crippen LogP contribution in [0, 0.1) is 14.9 Å². The van der Waals surface area contributed by atoms with E-state index in [-0.39, 0.29) is 17.9 Å². The van der Waals surface area contributed by atoms with E-state index < -0.39 is 5.97 Å². The number of esters is 1. The van der Waals surface area contributed by atoms with Crippen molar-refractivity contribution in [1.29, 1.82) is 5.26 Å². The minimum absolute atomic E-state index is 0.00446. The summed E-state index contributed by atoms with van der Waals surface area (Å²) in [6.45, 7) is 1.92. The number of carbonyl (C=O) groups excluding carboxylic acids is 1. The fourth-order valence-electron chi connectivity index (χ4n) is 2.68. The molecular formula is C20H16IN3O3. The van der Waals surface area contributed by atoms with Gasteiger partial charge in [-0.05, 0) is 65.9 Å². The Morgan fingerprint density at radius 2 is 1.93 bits per heavy atom. The predicted molar refractivity (Wildman–Crippen MR) is 109 cm³/mol. The van der Waals surface area contributed by atoms with E-state index in [4.69, 9.17) is 9.47 Å². The van der Waals surface area contributed by atoms with Crippen molar-refractivity contribution in [3.8, 4) is 28.8 Å². The van der Waals surface area contributed by atoms with Gasteiger partial charge in [-0.1, -0.05) is 12.1 Å². The summed E-state index contributed by atoms with van der Waals surface area (Å²) in [5.41, 5.74) is 2.24. The van der Waals surface area contributed by atoms with Gasteiger partial charge in [0.25, 0.3) is 0 Å². The first kappa shape index (κ1) is 18.9. The van der Waals surface area contributed by atoms with Gasteiger partial charge in [0.15, 0.2) is 5.69 Å². The van der Waals surface area contributed by atoms with Gasteiger partial charge < -0.3 is 9.47 Å². The number of hydrogen-bond acceptors (Lipinski definition) is 5. The molecule has 27 heavy (non-hydrogen) atoms. The Bertz CT molecular complexity index is 1020. The molecule has 0 aliphatic heterocycles. The molecule has 136 valence electrons. The maximum atomic E-state index is 12.4. The molecule has 3 aromatic rings. The second-order valence-electron chi connectivity index (χ2n) is 5.50.